The van der Waals surface area contributed by atoms with Crippen LogP contribution in [0.3, 0.4) is 0 Å². The van der Waals surface area contributed by atoms with Crippen LogP contribution in [0.4, 0.5) is 0 Å². The molecule has 1 aliphatic heterocycles. The van der Waals surface area contributed by atoms with Crippen molar-refractivity contribution < 1.29 is 19.7 Å². The molecule has 2 rings (SSSR count). The lowest BCUT2D eigenvalue weighted by atomic mass is 10.1. The maximum atomic E-state index is 12.2. The van der Waals surface area contributed by atoms with E-state index in [1.54, 1.807) is 0 Å². The van der Waals surface area contributed by atoms with E-state index in [9.17, 15) is 19.8 Å². The Labute approximate surface area is 145 Å². The molecule has 1 fully saturated rings. The van der Waals surface area contributed by atoms with Crippen LogP contribution in [0, 0.1) is 5.92 Å². The molecule has 0 bridgehead atoms. The predicted molar refractivity (Wildman–Crippen MR) is 90.3 cm³/mol. The number of aromatic amines is 1. The Bertz CT molecular complexity index is 671. The summed E-state index contributed by atoms with van der Waals surface area (Å²) in [6.45, 7) is 4.87. The molecule has 9 heteroatoms. The Hall–Kier alpha value is -1.52. The van der Waals surface area contributed by atoms with Crippen LogP contribution in [-0.2, 0) is 16.0 Å². The van der Waals surface area contributed by atoms with Gasteiger partial charge in [-0.25, -0.2) is 4.79 Å². The van der Waals surface area contributed by atoms with Crippen LogP contribution in [0.1, 0.15) is 32.1 Å². The second kappa shape index (κ2) is 8.72. The van der Waals surface area contributed by atoms with E-state index >= 15 is 0 Å². The number of hydrogen-bond donors (Lipinski definition) is 4. The quantitative estimate of drug-likeness (QED) is 0.437. The van der Waals surface area contributed by atoms with Crippen molar-refractivity contribution in [2.24, 2.45) is 5.92 Å². The maximum absolute atomic E-state index is 12.2. The number of ether oxygens (including phenoxy) is 2. The summed E-state index contributed by atoms with van der Waals surface area (Å²) in [5.74, 6) is 0.547. The molecule has 0 unspecified atom stereocenters. The smallest absolute Gasteiger partial charge is 0.330 e. The molecule has 1 saturated heterocycles. The molecule has 4 N–H and O–H groups in total. The van der Waals surface area contributed by atoms with Crippen molar-refractivity contribution in [1.82, 2.24) is 14.9 Å². The van der Waals surface area contributed by atoms with Gasteiger partial charge in [-0.2, -0.15) is 0 Å². The van der Waals surface area contributed by atoms with Gasteiger partial charge in [0.2, 0.25) is 0 Å². The van der Waals surface area contributed by atoms with E-state index < -0.39 is 42.4 Å². The topological polar surface area (TPSA) is 126 Å². The number of rotatable bonds is 8. The summed E-state index contributed by atoms with van der Waals surface area (Å²) in [7, 11) is 1.38. The summed E-state index contributed by atoms with van der Waals surface area (Å²) in [4.78, 5) is 26.4. The number of H-pyrrole nitrogens is 1. The fraction of sp³-hybridized carbons (Fsp3) is 0.750. The van der Waals surface area contributed by atoms with Crippen LogP contribution in [0.15, 0.2) is 15.8 Å². The number of aromatic nitrogens is 2. The molecule has 0 spiro atoms. The summed E-state index contributed by atoms with van der Waals surface area (Å²) in [6, 6.07) is 0. The van der Waals surface area contributed by atoms with Gasteiger partial charge in [0.05, 0.1) is 6.61 Å². The predicted octanol–water partition coefficient (Wildman–Crippen LogP) is -1.06. The van der Waals surface area contributed by atoms with Crippen molar-refractivity contribution in [1.29, 1.82) is 0 Å². The average molecular weight is 357 g/mol. The van der Waals surface area contributed by atoms with E-state index in [0.29, 0.717) is 18.0 Å². The van der Waals surface area contributed by atoms with E-state index in [0.717, 1.165) is 13.0 Å². The van der Waals surface area contributed by atoms with Crippen molar-refractivity contribution in [2.45, 2.75) is 51.4 Å². The summed E-state index contributed by atoms with van der Waals surface area (Å²) in [6.07, 6.45) is -1.32. The number of aliphatic hydroxyl groups is 2. The van der Waals surface area contributed by atoms with Crippen molar-refractivity contribution in [3.05, 3.63) is 32.6 Å². The van der Waals surface area contributed by atoms with Gasteiger partial charge in [0.15, 0.2) is 6.23 Å². The van der Waals surface area contributed by atoms with Gasteiger partial charge in [0.1, 0.15) is 18.3 Å². The third-order valence-corrected chi connectivity index (χ3v) is 4.29. The zero-order valence-corrected chi connectivity index (χ0v) is 14.8. The van der Waals surface area contributed by atoms with E-state index in [1.807, 2.05) is 0 Å². The van der Waals surface area contributed by atoms with Gasteiger partial charge in [0.25, 0.3) is 5.56 Å². The average Bonchev–Trinajstić information content (AvgIpc) is 2.88. The molecule has 1 aliphatic rings. The van der Waals surface area contributed by atoms with Crippen LogP contribution in [-0.4, -0.2) is 58.3 Å². The molecule has 1 aromatic rings. The van der Waals surface area contributed by atoms with E-state index in [4.69, 9.17) is 9.47 Å². The largest absolute Gasteiger partial charge is 0.394 e. The lowest BCUT2D eigenvalue weighted by Crippen LogP contribution is -2.40. The minimum Gasteiger partial charge on any atom is -0.394 e. The second-order valence-corrected chi connectivity index (χ2v) is 6.62. The third-order valence-electron chi connectivity index (χ3n) is 4.29. The Morgan fingerprint density at radius 1 is 1.44 bits per heavy atom. The molecule has 25 heavy (non-hydrogen) atoms. The van der Waals surface area contributed by atoms with Crippen molar-refractivity contribution in [2.75, 3.05) is 20.3 Å². The third kappa shape index (κ3) is 4.56. The number of aliphatic hydroxyl groups excluding tert-OH is 2. The standard InChI is InChI=1S/C16H27N3O6/c1-9(2)4-5-17-6-10-7-19(16(23)18-14(10)22)15-13(24-3)12(21)11(8-20)25-15/h7,9,11-13,15,17,20-21H,4-6,8H2,1-3H3,(H,18,22,23)/t11-,12-,13-,15-/m1/s1. The molecule has 2 heterocycles. The number of methoxy groups -OCH3 is 1. The van der Waals surface area contributed by atoms with Crippen LogP contribution in [0.25, 0.3) is 0 Å². The molecule has 0 amide bonds. The lowest BCUT2D eigenvalue weighted by molar-refractivity contribution is -0.0626. The van der Waals surface area contributed by atoms with E-state index in [2.05, 4.69) is 24.1 Å². The Balaban J connectivity index is 2.22. The Kier molecular flexibility index (Phi) is 6.91. The van der Waals surface area contributed by atoms with Crippen LogP contribution in [0.5, 0.6) is 0 Å². The van der Waals surface area contributed by atoms with Gasteiger partial charge in [-0.1, -0.05) is 13.8 Å². The molecular formula is C16H27N3O6. The fourth-order valence-corrected chi connectivity index (χ4v) is 2.80. The van der Waals surface area contributed by atoms with Gasteiger partial charge in [-0.3, -0.25) is 14.3 Å². The molecule has 9 nitrogen and oxygen atoms in total. The SMILES string of the molecule is CO[C@@H]1[C@H](O)[C@@H](CO)O[C@H]1n1cc(CNCCC(C)C)c(=O)[nH]c1=O. The number of hydrogen-bond acceptors (Lipinski definition) is 7. The summed E-state index contributed by atoms with van der Waals surface area (Å²) < 4.78 is 11.9. The maximum Gasteiger partial charge on any atom is 0.330 e. The summed E-state index contributed by atoms with van der Waals surface area (Å²) in [5, 5.41) is 22.6. The van der Waals surface area contributed by atoms with E-state index in [-0.39, 0.29) is 0 Å². The summed E-state index contributed by atoms with van der Waals surface area (Å²) in [5.41, 5.74) is -0.748. The molecule has 4 atom stereocenters. The van der Waals surface area contributed by atoms with E-state index in [1.165, 1.54) is 17.9 Å². The van der Waals surface area contributed by atoms with Crippen LogP contribution < -0.4 is 16.6 Å². The van der Waals surface area contributed by atoms with Gasteiger partial charge in [-0.15, -0.1) is 0 Å². The number of nitrogens with one attached hydrogen (secondary N) is 2. The molecule has 0 saturated carbocycles. The zero-order valence-electron chi connectivity index (χ0n) is 14.8. The first-order valence-electron chi connectivity index (χ1n) is 8.41. The molecule has 0 aromatic carbocycles. The van der Waals surface area contributed by atoms with Gasteiger partial charge >= 0.3 is 5.69 Å². The molecular weight excluding hydrogens is 330 g/mol. The Morgan fingerprint density at radius 3 is 2.76 bits per heavy atom. The first-order valence-corrected chi connectivity index (χ1v) is 8.41. The first-order chi connectivity index (χ1) is 11.9. The molecule has 0 radical (unpaired) electrons. The Morgan fingerprint density at radius 2 is 2.16 bits per heavy atom. The highest BCUT2D eigenvalue weighted by Crippen LogP contribution is 2.30. The monoisotopic (exact) mass is 357 g/mol. The number of nitrogens with zero attached hydrogens (tertiary/aromatic N) is 1. The van der Waals surface area contributed by atoms with Gasteiger partial charge in [0, 0.05) is 25.4 Å². The van der Waals surface area contributed by atoms with Crippen molar-refractivity contribution >= 4 is 0 Å². The van der Waals surface area contributed by atoms with Gasteiger partial charge < -0.3 is 25.0 Å². The van der Waals surface area contributed by atoms with Crippen LogP contribution >= 0.6 is 0 Å². The fourth-order valence-electron chi connectivity index (χ4n) is 2.80. The lowest BCUT2D eigenvalue weighted by Gasteiger charge is -2.21. The second-order valence-electron chi connectivity index (χ2n) is 6.62. The van der Waals surface area contributed by atoms with Gasteiger partial charge in [-0.05, 0) is 18.9 Å². The molecule has 0 aliphatic carbocycles. The minimum atomic E-state index is -1.08. The highest BCUT2D eigenvalue weighted by molar-refractivity contribution is 5.06. The molecule has 1 aromatic heterocycles. The highest BCUT2D eigenvalue weighted by Gasteiger charge is 2.45. The highest BCUT2D eigenvalue weighted by atomic mass is 16.6. The zero-order chi connectivity index (χ0) is 18.6. The van der Waals surface area contributed by atoms with Crippen LogP contribution in [0.2, 0.25) is 0 Å². The summed E-state index contributed by atoms with van der Waals surface area (Å²) >= 11 is 0. The minimum absolute atomic E-state index is 0.304. The molecule has 142 valence electrons. The van der Waals surface area contributed by atoms with Crippen molar-refractivity contribution in [3.8, 4) is 0 Å². The normalized spacial score (nSPS) is 26.5. The first kappa shape index (κ1) is 19.8. The van der Waals surface area contributed by atoms with Crippen molar-refractivity contribution in [3.63, 3.8) is 0 Å².